The maximum atomic E-state index is 12.9. The van der Waals surface area contributed by atoms with Crippen LogP contribution in [-0.2, 0) is 20.8 Å². The smallest absolute Gasteiger partial charge is 0.220 e. The first kappa shape index (κ1) is 21.3. The number of fused-ring (bicyclic) bond motifs is 1. The number of amides is 1. The van der Waals surface area contributed by atoms with Gasteiger partial charge in [0.15, 0.2) is 5.12 Å². The molecule has 0 bridgehead atoms. The zero-order valence-electron chi connectivity index (χ0n) is 16.9. The highest BCUT2D eigenvalue weighted by Gasteiger charge is 2.32. The molecular formula is C24H27NO3S. The lowest BCUT2D eigenvalue weighted by molar-refractivity contribution is -0.125. The molecule has 0 saturated heterocycles. The van der Waals surface area contributed by atoms with Crippen molar-refractivity contribution in [3.05, 3.63) is 59.7 Å². The number of Topliss-reactive ketones (excluding diaryl/α,β-unsaturated/α-hetero) is 1. The third-order valence-electron chi connectivity index (χ3n) is 5.26. The molecule has 1 amide bonds. The largest absolute Gasteiger partial charge is 0.353 e. The summed E-state index contributed by atoms with van der Waals surface area (Å²) in [4.78, 5) is 36.2. The molecule has 0 fully saturated rings. The van der Waals surface area contributed by atoms with Gasteiger partial charge in [-0.15, -0.1) is 0 Å². The zero-order chi connectivity index (χ0) is 20.8. The number of benzene rings is 2. The molecule has 0 aliphatic heterocycles. The molecular weight excluding hydrogens is 382 g/mol. The topological polar surface area (TPSA) is 63.2 Å². The minimum absolute atomic E-state index is 0.00924. The number of carbonyl (C=O) groups excluding carboxylic acids is 3. The average molecular weight is 410 g/mol. The van der Waals surface area contributed by atoms with Crippen molar-refractivity contribution in [2.45, 2.75) is 51.5 Å². The molecule has 4 nitrogen and oxygen atoms in total. The van der Waals surface area contributed by atoms with Crippen molar-refractivity contribution in [1.82, 2.24) is 5.32 Å². The van der Waals surface area contributed by atoms with Gasteiger partial charge in [-0.1, -0.05) is 67.2 Å². The maximum absolute atomic E-state index is 12.9. The summed E-state index contributed by atoms with van der Waals surface area (Å²) in [6.45, 7) is 3.47. The van der Waals surface area contributed by atoms with Gasteiger partial charge < -0.3 is 10.1 Å². The summed E-state index contributed by atoms with van der Waals surface area (Å²) in [7, 11) is 0. The summed E-state index contributed by atoms with van der Waals surface area (Å²) in [6.07, 6.45) is 1.76. The van der Waals surface area contributed by atoms with Crippen LogP contribution < -0.4 is 5.32 Å². The molecule has 0 saturated carbocycles. The van der Waals surface area contributed by atoms with Crippen LogP contribution in [0.1, 0.15) is 50.2 Å². The van der Waals surface area contributed by atoms with Crippen LogP contribution in [0.2, 0.25) is 0 Å². The van der Waals surface area contributed by atoms with E-state index in [-0.39, 0.29) is 41.6 Å². The maximum Gasteiger partial charge on any atom is 0.220 e. The van der Waals surface area contributed by atoms with Gasteiger partial charge in [-0.2, -0.15) is 0 Å². The Morgan fingerprint density at radius 2 is 1.79 bits per heavy atom. The van der Waals surface area contributed by atoms with E-state index in [0.29, 0.717) is 12.8 Å². The van der Waals surface area contributed by atoms with Crippen LogP contribution in [0.15, 0.2) is 48.5 Å². The molecule has 1 N–H and O–H groups in total. The average Bonchev–Trinajstić information content (AvgIpc) is 2.72. The van der Waals surface area contributed by atoms with Gasteiger partial charge in [-0.05, 0) is 47.8 Å². The van der Waals surface area contributed by atoms with Crippen LogP contribution in [-0.4, -0.2) is 28.6 Å². The van der Waals surface area contributed by atoms with Crippen LogP contribution in [0.4, 0.5) is 0 Å². The molecule has 0 spiro atoms. The monoisotopic (exact) mass is 409 g/mol. The highest BCUT2D eigenvalue weighted by Crippen LogP contribution is 2.37. The second-order valence-corrected chi connectivity index (χ2v) is 8.76. The van der Waals surface area contributed by atoms with E-state index >= 15 is 0 Å². The molecule has 2 unspecified atom stereocenters. The number of hydrogen-bond acceptors (Lipinski definition) is 4. The Bertz CT molecular complexity index is 894. The van der Waals surface area contributed by atoms with Gasteiger partial charge in [0.1, 0.15) is 5.78 Å². The van der Waals surface area contributed by atoms with Gasteiger partial charge in [0, 0.05) is 18.9 Å². The predicted molar refractivity (Wildman–Crippen MR) is 118 cm³/mol. The molecule has 152 valence electrons. The zero-order valence-corrected chi connectivity index (χ0v) is 17.8. The summed E-state index contributed by atoms with van der Waals surface area (Å²) in [5.41, 5.74) is 4.42. The van der Waals surface area contributed by atoms with Crippen molar-refractivity contribution in [1.29, 1.82) is 0 Å². The van der Waals surface area contributed by atoms with Gasteiger partial charge >= 0.3 is 0 Å². The lowest BCUT2D eigenvalue weighted by Gasteiger charge is -2.31. The summed E-state index contributed by atoms with van der Waals surface area (Å²) in [5.74, 6) is 0.392. The minimum Gasteiger partial charge on any atom is -0.353 e. The number of thioether (sulfide) groups is 1. The molecule has 3 rings (SSSR count). The van der Waals surface area contributed by atoms with Crippen LogP contribution >= 0.6 is 11.8 Å². The van der Waals surface area contributed by atoms with Gasteiger partial charge in [-0.25, -0.2) is 0 Å². The van der Waals surface area contributed by atoms with Gasteiger partial charge in [0.25, 0.3) is 0 Å². The van der Waals surface area contributed by atoms with E-state index in [1.165, 1.54) is 18.7 Å². The number of ketones is 1. The van der Waals surface area contributed by atoms with Crippen molar-refractivity contribution in [2.75, 3.05) is 5.75 Å². The number of nitrogens with one attached hydrogen (secondary N) is 1. The first-order valence-corrected chi connectivity index (χ1v) is 11.1. The Hall–Kier alpha value is -2.40. The minimum atomic E-state index is -0.231. The van der Waals surface area contributed by atoms with Gasteiger partial charge in [0.05, 0.1) is 5.92 Å². The molecule has 1 aliphatic rings. The summed E-state index contributed by atoms with van der Waals surface area (Å²) < 4.78 is 0. The molecule has 2 aromatic rings. The molecule has 1 aliphatic carbocycles. The number of rotatable bonds is 7. The van der Waals surface area contributed by atoms with Crippen molar-refractivity contribution < 1.29 is 14.4 Å². The predicted octanol–water partition coefficient (Wildman–Crippen LogP) is 4.52. The molecule has 5 heteroatoms. The van der Waals surface area contributed by atoms with Crippen molar-refractivity contribution >= 4 is 28.6 Å². The van der Waals surface area contributed by atoms with E-state index in [4.69, 9.17) is 0 Å². The number of carbonyl (C=O) groups is 3. The van der Waals surface area contributed by atoms with Gasteiger partial charge in [-0.3, -0.25) is 9.59 Å². The van der Waals surface area contributed by atoms with Crippen molar-refractivity contribution in [3.63, 3.8) is 0 Å². The Morgan fingerprint density at radius 3 is 2.48 bits per heavy atom. The summed E-state index contributed by atoms with van der Waals surface area (Å²) >= 11 is 1.34. The lowest BCUT2D eigenvalue weighted by atomic mass is 9.79. The van der Waals surface area contributed by atoms with Crippen LogP contribution in [0.25, 0.3) is 11.1 Å². The van der Waals surface area contributed by atoms with E-state index in [9.17, 15) is 14.4 Å². The fourth-order valence-corrected chi connectivity index (χ4v) is 4.55. The molecule has 29 heavy (non-hydrogen) atoms. The number of hydrogen-bond donors (Lipinski definition) is 1. The fourth-order valence-electron chi connectivity index (χ4n) is 3.84. The SMILES string of the molecule is CCSC(=O)C1CC(NC(=O)CCC(C)=O)Cc2ccc(-c3ccccc3)cc21. The van der Waals surface area contributed by atoms with E-state index in [0.717, 1.165) is 28.0 Å². The summed E-state index contributed by atoms with van der Waals surface area (Å²) in [6, 6.07) is 16.4. The quantitative estimate of drug-likeness (QED) is 0.730. The van der Waals surface area contributed by atoms with Crippen molar-refractivity contribution in [3.8, 4) is 11.1 Å². The highest BCUT2D eigenvalue weighted by molar-refractivity contribution is 8.13. The molecule has 0 radical (unpaired) electrons. The fraction of sp³-hybridized carbons (Fsp3) is 0.375. The standard InChI is InChI=1S/C24H27NO3S/c1-3-29-24(28)22-15-20(25-23(27)12-9-16(2)26)13-19-11-10-18(14-21(19)22)17-7-5-4-6-8-17/h4-8,10-11,14,20,22H,3,9,12-13,15H2,1-2H3,(H,25,27). The highest BCUT2D eigenvalue weighted by atomic mass is 32.2. The normalized spacial score (nSPS) is 18.0. The van der Waals surface area contributed by atoms with E-state index in [1.54, 1.807) is 0 Å². The third-order valence-corrected chi connectivity index (χ3v) is 6.11. The molecule has 0 aromatic heterocycles. The third kappa shape index (κ3) is 5.57. The Kier molecular flexibility index (Phi) is 7.26. The lowest BCUT2D eigenvalue weighted by Crippen LogP contribution is -2.41. The molecule has 0 heterocycles. The second-order valence-electron chi connectivity index (χ2n) is 7.49. The van der Waals surface area contributed by atoms with E-state index in [1.807, 2.05) is 25.1 Å². The summed E-state index contributed by atoms with van der Waals surface area (Å²) in [5, 5.41) is 3.19. The molecule has 2 aromatic carbocycles. The van der Waals surface area contributed by atoms with Gasteiger partial charge in [0.2, 0.25) is 5.91 Å². The Balaban J connectivity index is 1.85. The Labute approximate surface area is 176 Å². The van der Waals surface area contributed by atoms with E-state index in [2.05, 4.69) is 35.6 Å². The Morgan fingerprint density at radius 1 is 1.03 bits per heavy atom. The van der Waals surface area contributed by atoms with Crippen LogP contribution in [0, 0.1) is 0 Å². The van der Waals surface area contributed by atoms with E-state index < -0.39 is 0 Å². The second kappa shape index (κ2) is 9.88. The first-order chi connectivity index (χ1) is 14.0. The van der Waals surface area contributed by atoms with Crippen LogP contribution in [0.5, 0.6) is 0 Å². The first-order valence-electron chi connectivity index (χ1n) is 10.1. The molecule has 2 atom stereocenters. The van der Waals surface area contributed by atoms with Crippen molar-refractivity contribution in [2.24, 2.45) is 0 Å². The van der Waals surface area contributed by atoms with Crippen LogP contribution in [0.3, 0.4) is 0 Å².